The summed E-state index contributed by atoms with van der Waals surface area (Å²) < 4.78 is 35.7. The first kappa shape index (κ1) is 25.8. The molecule has 2 aliphatic rings. The van der Waals surface area contributed by atoms with Crippen LogP contribution >= 0.6 is 22.9 Å². The van der Waals surface area contributed by atoms with Crippen molar-refractivity contribution in [3.8, 4) is 10.6 Å². The van der Waals surface area contributed by atoms with Gasteiger partial charge in [0.05, 0.1) is 24.3 Å². The SMILES string of the molecule is CCN(CCN1CCOCC1)S(=O)(=O)c1cc(-c2nn(C)c(=NC3CCCCC3)s2)ccc1Cl. The maximum absolute atomic E-state index is 13.5. The third kappa shape index (κ3) is 6.09. The Kier molecular flexibility index (Phi) is 8.81. The number of nitrogens with zero attached hydrogens (tertiary/aromatic N) is 5. The molecule has 2 aromatic rings. The molecule has 1 aliphatic heterocycles. The van der Waals surface area contributed by atoms with Crippen LogP contribution in [0, 0.1) is 0 Å². The van der Waals surface area contributed by atoms with E-state index in [4.69, 9.17) is 21.3 Å². The summed E-state index contributed by atoms with van der Waals surface area (Å²) in [5, 5.41) is 5.59. The maximum atomic E-state index is 13.5. The largest absolute Gasteiger partial charge is 0.379 e. The summed E-state index contributed by atoms with van der Waals surface area (Å²) in [6.07, 6.45) is 5.97. The van der Waals surface area contributed by atoms with Gasteiger partial charge >= 0.3 is 0 Å². The zero-order valence-electron chi connectivity index (χ0n) is 19.9. The van der Waals surface area contributed by atoms with Gasteiger partial charge in [0.2, 0.25) is 14.8 Å². The molecular formula is C23H34ClN5O3S2. The summed E-state index contributed by atoms with van der Waals surface area (Å²) >= 11 is 7.90. The fourth-order valence-corrected chi connectivity index (χ4v) is 7.34. The van der Waals surface area contributed by atoms with Crippen LogP contribution in [0.1, 0.15) is 39.0 Å². The van der Waals surface area contributed by atoms with Crippen molar-refractivity contribution in [3.05, 3.63) is 28.0 Å². The number of hydrogen-bond donors (Lipinski definition) is 0. The standard InChI is InChI=1S/C23H34ClN5O3S2/c1-3-29(12-11-28-13-15-32-16-14-28)34(30,31)21-17-18(9-10-20(21)24)22-26-27(2)23(33-22)25-19-7-5-4-6-8-19/h9-10,17,19H,3-8,11-16H2,1-2H3. The molecule has 0 amide bonds. The van der Waals surface area contributed by atoms with Crippen molar-refractivity contribution in [1.29, 1.82) is 0 Å². The molecule has 1 aromatic carbocycles. The normalized spacial score (nSPS) is 19.2. The summed E-state index contributed by atoms with van der Waals surface area (Å²) in [5.74, 6) is 0. The van der Waals surface area contributed by atoms with Gasteiger partial charge < -0.3 is 4.74 Å². The van der Waals surface area contributed by atoms with Gasteiger partial charge in [-0.25, -0.2) is 13.1 Å². The van der Waals surface area contributed by atoms with Crippen molar-refractivity contribution in [2.24, 2.45) is 12.0 Å². The van der Waals surface area contributed by atoms with Gasteiger partial charge in [0.1, 0.15) is 9.90 Å². The smallest absolute Gasteiger partial charge is 0.244 e. The number of halogens is 1. The molecule has 11 heteroatoms. The Morgan fingerprint density at radius 1 is 1.24 bits per heavy atom. The lowest BCUT2D eigenvalue weighted by atomic mass is 9.96. The molecule has 0 N–H and O–H groups in total. The number of benzene rings is 1. The molecule has 1 aromatic heterocycles. The van der Waals surface area contributed by atoms with Crippen molar-refractivity contribution in [1.82, 2.24) is 19.0 Å². The number of aromatic nitrogens is 2. The van der Waals surface area contributed by atoms with E-state index in [1.54, 1.807) is 16.8 Å². The van der Waals surface area contributed by atoms with Crippen LogP contribution in [0.15, 0.2) is 28.1 Å². The molecule has 8 nitrogen and oxygen atoms in total. The second kappa shape index (κ2) is 11.6. The van der Waals surface area contributed by atoms with E-state index in [1.807, 2.05) is 20.0 Å². The van der Waals surface area contributed by atoms with Crippen molar-refractivity contribution in [2.75, 3.05) is 45.9 Å². The van der Waals surface area contributed by atoms with Gasteiger partial charge in [-0.1, -0.05) is 55.2 Å². The summed E-state index contributed by atoms with van der Waals surface area (Å²) in [7, 11) is -1.86. The monoisotopic (exact) mass is 527 g/mol. The van der Waals surface area contributed by atoms with E-state index in [9.17, 15) is 8.42 Å². The second-order valence-corrected chi connectivity index (χ2v) is 12.1. The molecule has 1 aliphatic carbocycles. The topological polar surface area (TPSA) is 80.0 Å². The molecule has 2 heterocycles. The average Bonchev–Trinajstić information content (AvgIpc) is 3.20. The molecule has 2 fully saturated rings. The van der Waals surface area contributed by atoms with Crippen LogP contribution in [0.3, 0.4) is 0 Å². The minimum atomic E-state index is -3.75. The Morgan fingerprint density at radius 3 is 2.68 bits per heavy atom. The predicted octanol–water partition coefficient (Wildman–Crippen LogP) is 3.38. The van der Waals surface area contributed by atoms with Crippen LogP contribution < -0.4 is 4.80 Å². The Labute approximate surface area is 211 Å². The molecule has 0 bridgehead atoms. The van der Waals surface area contributed by atoms with Crippen LogP contribution in [0.25, 0.3) is 10.6 Å². The number of ether oxygens (including phenoxy) is 1. The highest BCUT2D eigenvalue weighted by atomic mass is 35.5. The summed E-state index contributed by atoms with van der Waals surface area (Å²) in [5.41, 5.74) is 0.734. The fraction of sp³-hybridized carbons (Fsp3) is 0.652. The van der Waals surface area contributed by atoms with Gasteiger partial charge in [0, 0.05) is 45.3 Å². The lowest BCUT2D eigenvalue weighted by molar-refractivity contribution is 0.0364. The lowest BCUT2D eigenvalue weighted by Gasteiger charge is -2.29. The molecule has 188 valence electrons. The zero-order valence-corrected chi connectivity index (χ0v) is 22.3. The van der Waals surface area contributed by atoms with Crippen molar-refractivity contribution < 1.29 is 13.2 Å². The van der Waals surface area contributed by atoms with Gasteiger partial charge in [0.25, 0.3) is 0 Å². The summed E-state index contributed by atoms with van der Waals surface area (Å²) in [4.78, 5) is 8.13. The van der Waals surface area contributed by atoms with Crippen LogP contribution in [-0.4, -0.2) is 79.4 Å². The highest BCUT2D eigenvalue weighted by molar-refractivity contribution is 7.89. The van der Waals surface area contributed by atoms with Crippen molar-refractivity contribution in [2.45, 2.75) is 50.0 Å². The van der Waals surface area contributed by atoms with Crippen LogP contribution in [0.4, 0.5) is 0 Å². The van der Waals surface area contributed by atoms with Gasteiger partial charge in [-0.2, -0.15) is 9.40 Å². The Hall–Kier alpha value is -1.30. The maximum Gasteiger partial charge on any atom is 0.244 e. The second-order valence-electron chi connectivity index (χ2n) is 8.83. The highest BCUT2D eigenvalue weighted by Gasteiger charge is 2.27. The summed E-state index contributed by atoms with van der Waals surface area (Å²) in [6.45, 7) is 6.34. The first-order valence-corrected chi connectivity index (χ1v) is 14.7. The lowest BCUT2D eigenvalue weighted by Crippen LogP contribution is -2.43. The Bertz CT molecular complexity index is 1140. The minimum absolute atomic E-state index is 0.124. The predicted molar refractivity (Wildman–Crippen MR) is 136 cm³/mol. The molecule has 1 saturated heterocycles. The average molecular weight is 528 g/mol. The molecule has 4 rings (SSSR count). The van der Waals surface area contributed by atoms with Gasteiger partial charge in [-0.05, 0) is 25.0 Å². The molecule has 0 unspecified atom stereocenters. The Morgan fingerprint density at radius 2 is 1.97 bits per heavy atom. The van der Waals surface area contributed by atoms with E-state index >= 15 is 0 Å². The van der Waals surface area contributed by atoms with Crippen molar-refractivity contribution in [3.63, 3.8) is 0 Å². The van der Waals surface area contributed by atoms with E-state index in [0.29, 0.717) is 38.9 Å². The number of hydrogen-bond acceptors (Lipinski definition) is 7. The van der Waals surface area contributed by atoms with E-state index in [-0.39, 0.29) is 9.92 Å². The molecular weight excluding hydrogens is 494 g/mol. The van der Waals surface area contributed by atoms with Crippen LogP contribution in [0.2, 0.25) is 5.02 Å². The third-order valence-corrected chi connectivity index (χ3v) is 10.0. The number of morpholine rings is 1. The van der Waals surface area contributed by atoms with Crippen LogP contribution in [-0.2, 0) is 21.8 Å². The fourth-order valence-electron chi connectivity index (χ4n) is 4.44. The minimum Gasteiger partial charge on any atom is -0.379 e. The molecule has 0 radical (unpaired) electrons. The number of likely N-dealkylation sites (N-methyl/N-ethyl adjacent to an activating group) is 1. The highest BCUT2D eigenvalue weighted by Crippen LogP contribution is 2.30. The molecule has 0 atom stereocenters. The van der Waals surface area contributed by atoms with Gasteiger partial charge in [0.15, 0.2) is 0 Å². The third-order valence-electron chi connectivity index (χ3n) is 6.49. The molecule has 34 heavy (non-hydrogen) atoms. The first-order chi connectivity index (χ1) is 16.4. The van der Waals surface area contributed by atoms with E-state index < -0.39 is 10.0 Å². The first-order valence-electron chi connectivity index (χ1n) is 12.1. The molecule has 1 saturated carbocycles. The molecule has 0 spiro atoms. The van der Waals surface area contributed by atoms with E-state index in [0.717, 1.165) is 41.3 Å². The van der Waals surface area contributed by atoms with E-state index in [2.05, 4.69) is 10.00 Å². The van der Waals surface area contributed by atoms with E-state index in [1.165, 1.54) is 34.9 Å². The number of rotatable bonds is 8. The van der Waals surface area contributed by atoms with Gasteiger partial charge in [-0.3, -0.25) is 9.89 Å². The quantitative estimate of drug-likeness (QED) is 0.526. The Balaban J connectivity index is 1.57. The number of sulfonamides is 1. The van der Waals surface area contributed by atoms with Gasteiger partial charge in [-0.15, -0.1) is 0 Å². The summed E-state index contributed by atoms with van der Waals surface area (Å²) in [6, 6.07) is 5.48. The zero-order chi connectivity index (χ0) is 24.1. The van der Waals surface area contributed by atoms with Crippen molar-refractivity contribution >= 4 is 33.0 Å². The number of aryl methyl sites for hydroxylation is 1. The van der Waals surface area contributed by atoms with Crippen LogP contribution in [0.5, 0.6) is 0 Å².